The molecule has 1 aliphatic carbocycles. The molecule has 3 rings (SSSR count). The van der Waals surface area contributed by atoms with Crippen molar-refractivity contribution in [2.45, 2.75) is 38.1 Å². The van der Waals surface area contributed by atoms with Gasteiger partial charge in [-0.05, 0) is 25.0 Å². The van der Waals surface area contributed by atoms with E-state index in [2.05, 4.69) is 39.1 Å². The summed E-state index contributed by atoms with van der Waals surface area (Å²) in [5.74, 6) is 0. The van der Waals surface area contributed by atoms with Crippen molar-refractivity contribution in [2.24, 2.45) is 0 Å². The predicted molar refractivity (Wildman–Crippen MR) is 74.1 cm³/mol. The van der Waals surface area contributed by atoms with E-state index >= 15 is 0 Å². The van der Waals surface area contributed by atoms with Crippen molar-refractivity contribution in [1.29, 1.82) is 0 Å². The minimum absolute atomic E-state index is 0.628. The van der Waals surface area contributed by atoms with Crippen LogP contribution in [0.25, 0.3) is 5.69 Å². The SMILES string of the molecule is c1ccc(-n2ccnc2)c(NC2CCCCC2)c1. The normalized spacial score (nSPS) is 16.7. The topological polar surface area (TPSA) is 29.9 Å². The van der Waals surface area contributed by atoms with Gasteiger partial charge in [0, 0.05) is 18.4 Å². The van der Waals surface area contributed by atoms with Crippen LogP contribution >= 0.6 is 0 Å². The number of para-hydroxylation sites is 2. The summed E-state index contributed by atoms with van der Waals surface area (Å²) in [5.41, 5.74) is 2.39. The lowest BCUT2D eigenvalue weighted by Crippen LogP contribution is -2.22. The van der Waals surface area contributed by atoms with Gasteiger partial charge < -0.3 is 9.88 Å². The van der Waals surface area contributed by atoms with Crippen LogP contribution in [0.15, 0.2) is 43.0 Å². The average molecular weight is 241 g/mol. The quantitative estimate of drug-likeness (QED) is 0.889. The van der Waals surface area contributed by atoms with Gasteiger partial charge in [-0.25, -0.2) is 4.98 Å². The maximum Gasteiger partial charge on any atom is 0.0992 e. The average Bonchev–Trinajstić information content (AvgIpc) is 2.94. The van der Waals surface area contributed by atoms with Crippen molar-refractivity contribution < 1.29 is 0 Å². The third-order valence-corrected chi connectivity index (χ3v) is 3.65. The second kappa shape index (κ2) is 5.25. The smallest absolute Gasteiger partial charge is 0.0992 e. The Morgan fingerprint density at radius 2 is 1.94 bits per heavy atom. The van der Waals surface area contributed by atoms with Gasteiger partial charge in [-0.2, -0.15) is 0 Å². The molecule has 0 bridgehead atoms. The van der Waals surface area contributed by atoms with E-state index in [1.54, 1.807) is 0 Å². The van der Waals surface area contributed by atoms with E-state index < -0.39 is 0 Å². The first-order chi connectivity index (χ1) is 8.93. The minimum atomic E-state index is 0.628. The molecular weight excluding hydrogens is 222 g/mol. The minimum Gasteiger partial charge on any atom is -0.381 e. The van der Waals surface area contributed by atoms with Crippen LogP contribution in [0, 0.1) is 0 Å². The first-order valence-corrected chi connectivity index (χ1v) is 6.77. The molecule has 1 N–H and O–H groups in total. The van der Waals surface area contributed by atoms with Gasteiger partial charge in [0.1, 0.15) is 0 Å². The monoisotopic (exact) mass is 241 g/mol. The van der Waals surface area contributed by atoms with Crippen LogP contribution < -0.4 is 5.32 Å². The second-order valence-electron chi connectivity index (χ2n) is 4.97. The van der Waals surface area contributed by atoms with Crippen LogP contribution in [-0.4, -0.2) is 15.6 Å². The van der Waals surface area contributed by atoms with E-state index in [0.29, 0.717) is 6.04 Å². The summed E-state index contributed by atoms with van der Waals surface area (Å²) in [4.78, 5) is 4.12. The van der Waals surface area contributed by atoms with Gasteiger partial charge >= 0.3 is 0 Å². The van der Waals surface area contributed by atoms with Crippen LogP contribution in [-0.2, 0) is 0 Å². The fourth-order valence-corrected chi connectivity index (χ4v) is 2.69. The molecule has 0 saturated heterocycles. The molecule has 0 unspecified atom stereocenters. The third-order valence-electron chi connectivity index (χ3n) is 3.65. The highest BCUT2D eigenvalue weighted by atomic mass is 15.1. The largest absolute Gasteiger partial charge is 0.381 e. The van der Waals surface area contributed by atoms with E-state index in [4.69, 9.17) is 0 Å². The van der Waals surface area contributed by atoms with Gasteiger partial charge in [-0.1, -0.05) is 31.4 Å². The highest BCUT2D eigenvalue weighted by Crippen LogP contribution is 2.25. The Kier molecular flexibility index (Phi) is 3.31. The summed E-state index contributed by atoms with van der Waals surface area (Å²) in [6, 6.07) is 9.08. The maximum atomic E-state index is 4.12. The van der Waals surface area contributed by atoms with Crippen LogP contribution in [0.3, 0.4) is 0 Å². The predicted octanol–water partition coefficient (Wildman–Crippen LogP) is 3.62. The molecule has 94 valence electrons. The van der Waals surface area contributed by atoms with E-state index in [9.17, 15) is 0 Å². The highest BCUT2D eigenvalue weighted by Gasteiger charge is 2.14. The molecule has 1 aromatic carbocycles. The van der Waals surface area contributed by atoms with Crippen molar-refractivity contribution in [1.82, 2.24) is 9.55 Å². The fourth-order valence-electron chi connectivity index (χ4n) is 2.69. The van der Waals surface area contributed by atoms with Gasteiger partial charge in [-0.15, -0.1) is 0 Å². The number of aromatic nitrogens is 2. The number of anilines is 1. The number of hydrogen-bond donors (Lipinski definition) is 1. The first kappa shape index (κ1) is 11.3. The summed E-state index contributed by atoms with van der Waals surface area (Å²) in [6.45, 7) is 0. The van der Waals surface area contributed by atoms with Gasteiger partial charge in [0.15, 0.2) is 0 Å². The number of nitrogens with zero attached hydrogens (tertiary/aromatic N) is 2. The van der Waals surface area contributed by atoms with Crippen LogP contribution in [0.1, 0.15) is 32.1 Å². The molecule has 1 fully saturated rings. The van der Waals surface area contributed by atoms with Crippen molar-refractivity contribution in [2.75, 3.05) is 5.32 Å². The molecule has 1 saturated carbocycles. The lowest BCUT2D eigenvalue weighted by molar-refractivity contribution is 0.462. The Morgan fingerprint density at radius 3 is 2.72 bits per heavy atom. The molecule has 1 heterocycles. The van der Waals surface area contributed by atoms with Crippen LogP contribution in [0.5, 0.6) is 0 Å². The summed E-state index contributed by atoms with van der Waals surface area (Å²) in [5, 5.41) is 3.69. The Balaban J connectivity index is 1.83. The van der Waals surface area contributed by atoms with E-state index in [1.165, 1.54) is 43.5 Å². The molecule has 1 aromatic heterocycles. The zero-order valence-corrected chi connectivity index (χ0v) is 10.5. The molecule has 0 aliphatic heterocycles. The zero-order chi connectivity index (χ0) is 12.2. The van der Waals surface area contributed by atoms with Crippen molar-refractivity contribution in [3.63, 3.8) is 0 Å². The number of imidazole rings is 1. The molecule has 18 heavy (non-hydrogen) atoms. The molecule has 0 radical (unpaired) electrons. The van der Waals surface area contributed by atoms with E-state index in [1.807, 2.05) is 18.7 Å². The fraction of sp³-hybridized carbons (Fsp3) is 0.400. The Morgan fingerprint density at radius 1 is 1.11 bits per heavy atom. The van der Waals surface area contributed by atoms with Gasteiger partial charge in [0.05, 0.1) is 17.7 Å². The second-order valence-corrected chi connectivity index (χ2v) is 4.97. The van der Waals surface area contributed by atoms with Crippen molar-refractivity contribution in [3.05, 3.63) is 43.0 Å². The number of nitrogens with one attached hydrogen (secondary N) is 1. The lowest BCUT2D eigenvalue weighted by Gasteiger charge is -2.25. The maximum absolute atomic E-state index is 4.12. The molecule has 1 aliphatic rings. The van der Waals surface area contributed by atoms with Crippen LogP contribution in [0.2, 0.25) is 0 Å². The van der Waals surface area contributed by atoms with Crippen molar-refractivity contribution >= 4 is 5.69 Å². The van der Waals surface area contributed by atoms with Gasteiger partial charge in [0.25, 0.3) is 0 Å². The van der Waals surface area contributed by atoms with Crippen molar-refractivity contribution in [3.8, 4) is 5.69 Å². The third kappa shape index (κ3) is 2.40. The highest BCUT2D eigenvalue weighted by molar-refractivity contribution is 5.61. The van der Waals surface area contributed by atoms with E-state index in [-0.39, 0.29) is 0 Å². The standard InChI is InChI=1S/C15H19N3/c1-2-6-13(7-3-1)17-14-8-4-5-9-15(14)18-11-10-16-12-18/h4-5,8-13,17H,1-3,6-7H2. The Bertz CT molecular complexity index is 484. The first-order valence-electron chi connectivity index (χ1n) is 6.77. The number of hydrogen-bond acceptors (Lipinski definition) is 2. The molecule has 2 aromatic rings. The Hall–Kier alpha value is -1.77. The summed E-state index contributed by atoms with van der Waals surface area (Å²) in [7, 11) is 0. The molecule has 0 amide bonds. The Labute approximate surface area is 108 Å². The lowest BCUT2D eigenvalue weighted by atomic mass is 9.95. The van der Waals surface area contributed by atoms with E-state index in [0.717, 1.165) is 0 Å². The molecule has 3 heteroatoms. The molecule has 0 atom stereocenters. The molecule has 0 spiro atoms. The summed E-state index contributed by atoms with van der Waals surface area (Å²) >= 11 is 0. The van der Waals surface area contributed by atoms with Crippen LogP contribution in [0.4, 0.5) is 5.69 Å². The number of benzene rings is 1. The molecule has 3 nitrogen and oxygen atoms in total. The summed E-state index contributed by atoms with van der Waals surface area (Å²) < 4.78 is 2.06. The number of rotatable bonds is 3. The van der Waals surface area contributed by atoms with Gasteiger partial charge in [-0.3, -0.25) is 0 Å². The van der Waals surface area contributed by atoms with Gasteiger partial charge in [0.2, 0.25) is 0 Å². The zero-order valence-electron chi connectivity index (χ0n) is 10.5. The molecular formula is C15H19N3. The summed E-state index contributed by atoms with van der Waals surface area (Å²) in [6.07, 6.45) is 12.3.